The van der Waals surface area contributed by atoms with Crippen LogP contribution in [0.2, 0.25) is 0 Å². The Kier molecular flexibility index (Phi) is 5.77. The Morgan fingerprint density at radius 1 is 1.19 bits per heavy atom. The second-order valence-corrected chi connectivity index (χ2v) is 5.56. The van der Waals surface area contributed by atoms with Crippen LogP contribution in [-0.4, -0.2) is 29.6 Å². The van der Waals surface area contributed by atoms with Crippen molar-refractivity contribution >= 4 is 0 Å². The van der Waals surface area contributed by atoms with Gasteiger partial charge >= 0.3 is 0 Å². The van der Waals surface area contributed by atoms with Gasteiger partial charge in [-0.25, -0.2) is 0 Å². The summed E-state index contributed by atoms with van der Waals surface area (Å²) in [6.45, 7) is 9.20. The smallest absolute Gasteiger partial charge is 0.0166 e. The Morgan fingerprint density at radius 2 is 1.81 bits per heavy atom. The van der Waals surface area contributed by atoms with Gasteiger partial charge < -0.3 is 10.6 Å². The molecular formula is C14H30N2. The van der Waals surface area contributed by atoms with Crippen molar-refractivity contribution in [3.8, 4) is 0 Å². The molecular weight excluding hydrogens is 196 g/mol. The lowest BCUT2D eigenvalue weighted by Gasteiger charge is -2.36. The molecule has 1 aliphatic carbocycles. The quantitative estimate of drug-likeness (QED) is 0.754. The molecule has 2 heteroatoms. The lowest BCUT2D eigenvalue weighted by atomic mass is 9.80. The third-order valence-electron chi connectivity index (χ3n) is 4.37. The zero-order chi connectivity index (χ0) is 12.0. The molecule has 0 amide bonds. The topological polar surface area (TPSA) is 29.3 Å². The lowest BCUT2D eigenvalue weighted by molar-refractivity contribution is 0.174. The first-order valence-corrected chi connectivity index (χ1v) is 7.14. The first-order valence-electron chi connectivity index (χ1n) is 7.14. The van der Waals surface area contributed by atoms with Gasteiger partial charge in [0, 0.05) is 18.1 Å². The van der Waals surface area contributed by atoms with Crippen LogP contribution in [0.4, 0.5) is 0 Å². The van der Waals surface area contributed by atoms with Gasteiger partial charge in [-0.3, -0.25) is 0 Å². The molecule has 1 saturated carbocycles. The van der Waals surface area contributed by atoms with Crippen molar-refractivity contribution in [2.24, 2.45) is 5.73 Å². The van der Waals surface area contributed by atoms with E-state index in [4.69, 9.17) is 5.73 Å². The maximum absolute atomic E-state index is 6.48. The Hall–Kier alpha value is -0.0800. The molecule has 0 bridgehead atoms. The molecule has 1 aliphatic rings. The minimum atomic E-state index is 0.152. The third-order valence-corrected chi connectivity index (χ3v) is 4.37. The van der Waals surface area contributed by atoms with Crippen LogP contribution in [0.5, 0.6) is 0 Å². The normalized spacial score (nSPS) is 22.3. The van der Waals surface area contributed by atoms with Crippen LogP contribution in [0.1, 0.15) is 65.7 Å². The molecule has 0 saturated heterocycles. The number of hydrogen-bond acceptors (Lipinski definition) is 2. The Bertz CT molecular complexity index is 185. The summed E-state index contributed by atoms with van der Waals surface area (Å²) in [7, 11) is 0. The van der Waals surface area contributed by atoms with Gasteiger partial charge in [0.2, 0.25) is 0 Å². The first-order chi connectivity index (χ1) is 7.61. The van der Waals surface area contributed by atoms with E-state index in [9.17, 15) is 0 Å². The van der Waals surface area contributed by atoms with E-state index in [0.717, 1.165) is 6.54 Å². The zero-order valence-electron chi connectivity index (χ0n) is 11.5. The summed E-state index contributed by atoms with van der Waals surface area (Å²) in [5.74, 6) is 0. The first kappa shape index (κ1) is 14.0. The molecule has 0 aromatic carbocycles. The van der Waals surface area contributed by atoms with Crippen molar-refractivity contribution in [1.29, 1.82) is 0 Å². The minimum absolute atomic E-state index is 0.152. The molecule has 0 aliphatic heterocycles. The van der Waals surface area contributed by atoms with Gasteiger partial charge in [-0.2, -0.15) is 0 Å². The molecule has 16 heavy (non-hydrogen) atoms. The highest BCUT2D eigenvalue weighted by Crippen LogP contribution is 2.29. The minimum Gasteiger partial charge on any atom is -0.325 e. The van der Waals surface area contributed by atoms with Gasteiger partial charge in [-0.15, -0.1) is 0 Å². The summed E-state index contributed by atoms with van der Waals surface area (Å²) in [5.41, 5.74) is 6.63. The van der Waals surface area contributed by atoms with Crippen LogP contribution in [0.3, 0.4) is 0 Å². The van der Waals surface area contributed by atoms with Gasteiger partial charge in [-0.05, 0) is 39.2 Å². The van der Waals surface area contributed by atoms with Gasteiger partial charge in [0.1, 0.15) is 0 Å². The second-order valence-electron chi connectivity index (χ2n) is 5.56. The van der Waals surface area contributed by atoms with Crippen molar-refractivity contribution in [3.05, 3.63) is 0 Å². The fourth-order valence-corrected chi connectivity index (χ4v) is 2.82. The van der Waals surface area contributed by atoms with Crippen molar-refractivity contribution < 1.29 is 0 Å². The van der Waals surface area contributed by atoms with E-state index >= 15 is 0 Å². The number of rotatable bonds is 6. The van der Waals surface area contributed by atoms with Crippen LogP contribution in [0, 0.1) is 0 Å². The molecule has 0 radical (unpaired) electrons. The van der Waals surface area contributed by atoms with Crippen LogP contribution < -0.4 is 5.73 Å². The summed E-state index contributed by atoms with van der Waals surface area (Å²) in [6, 6.07) is 0.706. The maximum Gasteiger partial charge on any atom is 0.0166 e. The SMILES string of the molecule is CCC(C)N(CC)CCC1(N)CCCCC1. The molecule has 96 valence electrons. The fraction of sp³-hybridized carbons (Fsp3) is 1.00. The highest BCUT2D eigenvalue weighted by Gasteiger charge is 2.27. The van der Waals surface area contributed by atoms with Crippen LogP contribution in [-0.2, 0) is 0 Å². The zero-order valence-corrected chi connectivity index (χ0v) is 11.5. The van der Waals surface area contributed by atoms with Crippen molar-refractivity contribution in [3.63, 3.8) is 0 Å². The highest BCUT2D eigenvalue weighted by atomic mass is 15.1. The predicted octanol–water partition coefficient (Wildman–Crippen LogP) is 3.16. The molecule has 1 fully saturated rings. The van der Waals surface area contributed by atoms with Crippen molar-refractivity contribution in [2.45, 2.75) is 77.3 Å². The molecule has 1 rings (SSSR count). The van der Waals surface area contributed by atoms with Gasteiger partial charge in [-0.1, -0.05) is 33.1 Å². The van der Waals surface area contributed by atoms with E-state index in [1.54, 1.807) is 0 Å². The summed E-state index contributed by atoms with van der Waals surface area (Å²) in [4.78, 5) is 2.57. The average molecular weight is 226 g/mol. The molecule has 0 spiro atoms. The summed E-state index contributed by atoms with van der Waals surface area (Å²) in [6.07, 6.45) is 8.98. The maximum atomic E-state index is 6.48. The van der Waals surface area contributed by atoms with Crippen LogP contribution >= 0.6 is 0 Å². The monoisotopic (exact) mass is 226 g/mol. The van der Waals surface area contributed by atoms with Crippen LogP contribution in [0.15, 0.2) is 0 Å². The van der Waals surface area contributed by atoms with Gasteiger partial charge in [0.05, 0.1) is 0 Å². The molecule has 0 heterocycles. The molecule has 2 N–H and O–H groups in total. The van der Waals surface area contributed by atoms with E-state index in [2.05, 4.69) is 25.7 Å². The highest BCUT2D eigenvalue weighted by molar-refractivity contribution is 4.88. The summed E-state index contributed by atoms with van der Waals surface area (Å²) >= 11 is 0. The fourth-order valence-electron chi connectivity index (χ4n) is 2.82. The summed E-state index contributed by atoms with van der Waals surface area (Å²) in [5, 5.41) is 0. The van der Waals surface area contributed by atoms with Gasteiger partial charge in [0.25, 0.3) is 0 Å². The van der Waals surface area contributed by atoms with E-state index in [1.807, 2.05) is 0 Å². The Labute approximate surface area is 102 Å². The number of nitrogens with zero attached hydrogens (tertiary/aromatic N) is 1. The Morgan fingerprint density at radius 3 is 2.31 bits per heavy atom. The molecule has 0 aromatic heterocycles. The Balaban J connectivity index is 2.35. The van der Waals surface area contributed by atoms with Crippen LogP contribution in [0.25, 0.3) is 0 Å². The van der Waals surface area contributed by atoms with Crippen molar-refractivity contribution in [1.82, 2.24) is 4.90 Å². The number of nitrogens with two attached hydrogens (primary N) is 1. The second kappa shape index (κ2) is 6.61. The molecule has 1 atom stereocenters. The van der Waals surface area contributed by atoms with Gasteiger partial charge in [0.15, 0.2) is 0 Å². The van der Waals surface area contributed by atoms with Crippen molar-refractivity contribution in [2.75, 3.05) is 13.1 Å². The lowest BCUT2D eigenvalue weighted by Crippen LogP contribution is -2.45. The van der Waals surface area contributed by atoms with E-state index in [0.29, 0.717) is 6.04 Å². The van der Waals surface area contributed by atoms with E-state index < -0.39 is 0 Å². The van der Waals surface area contributed by atoms with E-state index in [-0.39, 0.29) is 5.54 Å². The standard InChI is InChI=1S/C14H30N2/c1-4-13(3)16(5-2)12-11-14(15)9-7-6-8-10-14/h13H,4-12,15H2,1-3H3. The summed E-state index contributed by atoms with van der Waals surface area (Å²) < 4.78 is 0. The average Bonchev–Trinajstić information content (AvgIpc) is 2.30. The number of hydrogen-bond donors (Lipinski definition) is 1. The molecule has 2 nitrogen and oxygen atoms in total. The largest absolute Gasteiger partial charge is 0.325 e. The van der Waals surface area contributed by atoms with E-state index in [1.165, 1.54) is 51.5 Å². The molecule has 0 aromatic rings. The predicted molar refractivity (Wildman–Crippen MR) is 71.6 cm³/mol. The molecule has 1 unspecified atom stereocenters. The third kappa shape index (κ3) is 4.06.